The molecular weight excluding hydrogens is 508 g/mol. The van der Waals surface area contributed by atoms with E-state index in [1.165, 1.54) is 60.3 Å². The predicted octanol–water partition coefficient (Wildman–Crippen LogP) is 4.90. The quantitative estimate of drug-likeness (QED) is 0.522. The van der Waals surface area contributed by atoms with Crippen LogP contribution in [0.5, 0.6) is 0 Å². The minimum atomic E-state index is -4.55. The summed E-state index contributed by atoms with van der Waals surface area (Å²) < 4.78 is 44.6. The van der Waals surface area contributed by atoms with Crippen LogP contribution in [-0.2, 0) is 4.79 Å². The first-order chi connectivity index (χ1) is 16.5. The number of carbonyl (C=O) groups excluding carboxylic acids is 1. The van der Waals surface area contributed by atoms with Gasteiger partial charge >= 0.3 is 6.18 Å². The van der Waals surface area contributed by atoms with Crippen molar-refractivity contribution >= 4 is 46.8 Å². The van der Waals surface area contributed by atoms with E-state index in [1.807, 2.05) is 0 Å². The molecule has 3 aromatic heterocycles. The molecule has 5 rings (SSSR count). The number of rotatable bonds is 3. The van der Waals surface area contributed by atoms with Crippen LogP contribution >= 0.6 is 23.2 Å². The average Bonchev–Trinajstić information content (AvgIpc) is 3.44. The van der Waals surface area contributed by atoms with Crippen molar-refractivity contribution in [2.75, 3.05) is 5.32 Å². The third-order valence-electron chi connectivity index (χ3n) is 7.05. The van der Waals surface area contributed by atoms with Gasteiger partial charge in [0.2, 0.25) is 5.91 Å². The number of aromatic nitrogens is 6. The molecule has 0 aromatic carbocycles. The van der Waals surface area contributed by atoms with Gasteiger partial charge in [-0.15, -0.1) is 4.80 Å². The number of aliphatic imine (C=N–C) groups is 1. The highest BCUT2D eigenvalue weighted by molar-refractivity contribution is 6.32. The first-order valence-electron chi connectivity index (χ1n) is 10.7. The molecular formula is C21H19Cl2F3N8O. The molecule has 0 saturated heterocycles. The maximum atomic E-state index is 14.5. The molecule has 0 spiro atoms. The summed E-state index contributed by atoms with van der Waals surface area (Å²) in [6.07, 6.45) is 1.17. The summed E-state index contributed by atoms with van der Waals surface area (Å²) in [6, 6.07) is 1.69. The van der Waals surface area contributed by atoms with Gasteiger partial charge in [-0.1, -0.05) is 30.1 Å². The number of alkyl halides is 3. The molecule has 0 bridgehead atoms. The van der Waals surface area contributed by atoms with Gasteiger partial charge in [-0.3, -0.25) is 4.79 Å². The molecule has 35 heavy (non-hydrogen) atoms. The normalized spacial score (nSPS) is 27.9. The summed E-state index contributed by atoms with van der Waals surface area (Å²) in [6.45, 7) is 2.68. The Hall–Kier alpha value is -2.99. The van der Waals surface area contributed by atoms with Gasteiger partial charge in [-0.05, 0) is 25.3 Å². The maximum Gasteiger partial charge on any atom is 0.396 e. The van der Waals surface area contributed by atoms with E-state index in [0.29, 0.717) is 5.69 Å². The second kappa shape index (κ2) is 8.30. The van der Waals surface area contributed by atoms with Crippen LogP contribution in [-0.4, -0.2) is 48.1 Å². The molecule has 5 atom stereocenters. The molecule has 1 aliphatic heterocycles. The topological polar surface area (TPSA) is 103 Å². The van der Waals surface area contributed by atoms with Crippen molar-refractivity contribution in [3.8, 4) is 5.82 Å². The molecule has 1 N–H and O–H groups in total. The Morgan fingerprint density at radius 3 is 2.60 bits per heavy atom. The number of nitrogens with zero attached hydrogens (tertiary/aromatic N) is 7. The van der Waals surface area contributed by atoms with Gasteiger partial charge in [-0.2, -0.15) is 28.5 Å². The summed E-state index contributed by atoms with van der Waals surface area (Å²) in [7, 11) is 0. The van der Waals surface area contributed by atoms with Gasteiger partial charge in [0.1, 0.15) is 0 Å². The second-order valence-corrected chi connectivity index (χ2v) is 9.73. The number of carbonyl (C=O) groups is 1. The Bertz CT molecular complexity index is 1310. The molecule has 1 saturated carbocycles. The van der Waals surface area contributed by atoms with Crippen molar-refractivity contribution in [3.63, 3.8) is 0 Å². The van der Waals surface area contributed by atoms with Crippen molar-refractivity contribution < 1.29 is 18.0 Å². The zero-order valence-corrected chi connectivity index (χ0v) is 19.9. The van der Waals surface area contributed by atoms with E-state index in [9.17, 15) is 18.0 Å². The van der Waals surface area contributed by atoms with Crippen molar-refractivity contribution in [3.05, 3.63) is 40.9 Å². The molecule has 3 aromatic rings. The van der Waals surface area contributed by atoms with Gasteiger partial charge in [0.15, 0.2) is 16.8 Å². The first-order valence-corrected chi connectivity index (χ1v) is 11.5. The average molecular weight is 527 g/mol. The predicted molar refractivity (Wildman–Crippen MR) is 122 cm³/mol. The van der Waals surface area contributed by atoms with Gasteiger partial charge in [0.05, 0.1) is 40.8 Å². The Morgan fingerprint density at radius 2 is 1.94 bits per heavy atom. The third kappa shape index (κ3) is 3.79. The lowest BCUT2D eigenvalue weighted by Crippen LogP contribution is -2.57. The smallest absolute Gasteiger partial charge is 0.324 e. The zero-order valence-electron chi connectivity index (χ0n) is 18.4. The number of hydrogen-bond donors (Lipinski definition) is 1. The number of fused-ring (bicyclic) bond motifs is 3. The molecule has 184 valence electrons. The lowest BCUT2D eigenvalue weighted by atomic mass is 9.57. The number of halogens is 5. The van der Waals surface area contributed by atoms with Crippen LogP contribution in [0.25, 0.3) is 5.82 Å². The van der Waals surface area contributed by atoms with Crippen LogP contribution in [0.4, 0.5) is 24.7 Å². The van der Waals surface area contributed by atoms with E-state index in [-0.39, 0.29) is 28.2 Å². The molecule has 2 aliphatic rings. The van der Waals surface area contributed by atoms with Gasteiger partial charge in [0.25, 0.3) is 0 Å². The summed E-state index contributed by atoms with van der Waals surface area (Å²) in [5.74, 6) is -2.54. The van der Waals surface area contributed by atoms with Crippen molar-refractivity contribution in [2.24, 2.45) is 28.2 Å². The number of nitrogens with one attached hydrogen (secondary N) is 1. The van der Waals surface area contributed by atoms with E-state index in [2.05, 4.69) is 30.6 Å². The van der Waals surface area contributed by atoms with Crippen molar-refractivity contribution in [1.29, 1.82) is 0 Å². The van der Waals surface area contributed by atoms with Gasteiger partial charge in [-0.25, -0.2) is 14.7 Å². The second-order valence-electron chi connectivity index (χ2n) is 8.93. The van der Waals surface area contributed by atoms with Crippen LogP contribution in [0.2, 0.25) is 10.2 Å². The minimum absolute atomic E-state index is 0.00415. The fourth-order valence-corrected chi connectivity index (χ4v) is 5.47. The van der Waals surface area contributed by atoms with E-state index in [4.69, 9.17) is 23.2 Å². The lowest BCUT2D eigenvalue weighted by Gasteiger charge is -2.53. The van der Waals surface area contributed by atoms with Crippen LogP contribution in [0, 0.1) is 23.2 Å². The fourth-order valence-electron chi connectivity index (χ4n) is 5.05. The Kier molecular flexibility index (Phi) is 5.63. The number of hydrogen-bond acceptors (Lipinski definition) is 6. The summed E-state index contributed by atoms with van der Waals surface area (Å²) in [5.41, 5.74) is -1.87. The highest BCUT2D eigenvalue weighted by Crippen LogP contribution is 2.61. The monoisotopic (exact) mass is 526 g/mol. The molecule has 0 radical (unpaired) electrons. The van der Waals surface area contributed by atoms with Crippen molar-refractivity contribution in [2.45, 2.75) is 32.5 Å². The number of pyridine rings is 1. The Labute approximate surface area is 207 Å². The van der Waals surface area contributed by atoms with E-state index >= 15 is 0 Å². The molecule has 1 fully saturated rings. The van der Waals surface area contributed by atoms with Gasteiger partial charge < -0.3 is 5.32 Å². The minimum Gasteiger partial charge on any atom is -0.324 e. The maximum absolute atomic E-state index is 14.5. The third-order valence-corrected chi connectivity index (χ3v) is 7.51. The Morgan fingerprint density at radius 1 is 1.23 bits per heavy atom. The largest absolute Gasteiger partial charge is 0.396 e. The fraction of sp³-hybridized carbons (Fsp3) is 0.429. The van der Waals surface area contributed by atoms with E-state index in [1.54, 1.807) is 0 Å². The molecule has 1 aliphatic carbocycles. The Balaban J connectivity index is 1.47. The van der Waals surface area contributed by atoms with Crippen LogP contribution in [0.1, 0.15) is 26.3 Å². The van der Waals surface area contributed by atoms with E-state index < -0.39 is 41.3 Å². The van der Waals surface area contributed by atoms with E-state index in [0.717, 1.165) is 0 Å². The van der Waals surface area contributed by atoms with Crippen LogP contribution in [0.3, 0.4) is 0 Å². The van der Waals surface area contributed by atoms with Crippen LogP contribution < -0.4 is 5.32 Å². The number of amides is 1. The molecule has 4 heterocycles. The lowest BCUT2D eigenvalue weighted by molar-refractivity contribution is -0.267. The highest BCUT2D eigenvalue weighted by atomic mass is 35.5. The molecule has 14 heteroatoms. The zero-order chi connectivity index (χ0) is 25.1. The molecule has 1 amide bonds. The van der Waals surface area contributed by atoms with Crippen molar-refractivity contribution in [1.82, 2.24) is 29.8 Å². The SMILES string of the molecule is CC1C[C@@H](C(=O)Nc2cnc(-n3nccn3)c(Cl)c2)C2C=Nc3cc(Cl)nn3C2C1(C)C(F)(F)F. The molecule has 9 nitrogen and oxygen atoms in total. The summed E-state index contributed by atoms with van der Waals surface area (Å²) in [4.78, 5) is 23.0. The summed E-state index contributed by atoms with van der Waals surface area (Å²) in [5, 5.41) is 15.0. The standard InChI is InChI=1S/C21H19Cl2F3N8O/c1-10-5-12(19(35)31-11-6-14(22)18(28-8-11)34-29-3-4-30-34)13-9-27-16-7-15(23)32-33(16)17(13)20(10,2)21(24,25)26/h3-4,6-10,12-13,17H,5H2,1-2H3,(H,31,35)/t10?,12-,13?,17?,20?/m1/s1. The number of anilines is 1. The molecule has 4 unspecified atom stereocenters. The summed E-state index contributed by atoms with van der Waals surface area (Å²) >= 11 is 12.3. The van der Waals surface area contributed by atoms with Crippen LogP contribution in [0.15, 0.2) is 35.7 Å². The first kappa shape index (κ1) is 23.7. The van der Waals surface area contributed by atoms with Gasteiger partial charge in [0, 0.05) is 24.1 Å². The highest BCUT2D eigenvalue weighted by Gasteiger charge is 2.66.